The fourth-order valence-corrected chi connectivity index (χ4v) is 2.45. The number of benzene rings is 1. The number of nitrogens with one attached hydrogen (secondary N) is 2. The number of ether oxygens (including phenoxy) is 1. The Bertz CT molecular complexity index is 530. The molecule has 0 unspecified atom stereocenters. The second-order valence-electron chi connectivity index (χ2n) is 5.19. The van der Waals surface area contributed by atoms with Crippen molar-refractivity contribution in [1.82, 2.24) is 15.1 Å². The normalized spacial score (nSPS) is 15.1. The summed E-state index contributed by atoms with van der Waals surface area (Å²) in [4.78, 5) is 27.0. The van der Waals surface area contributed by atoms with Crippen molar-refractivity contribution >= 4 is 29.4 Å². The van der Waals surface area contributed by atoms with Crippen LogP contribution in [0.1, 0.15) is 0 Å². The Morgan fingerprint density at radius 2 is 1.83 bits per heavy atom. The number of amides is 3. The van der Waals surface area contributed by atoms with E-state index in [1.807, 2.05) is 0 Å². The Labute approximate surface area is 140 Å². The van der Waals surface area contributed by atoms with Crippen LogP contribution in [0.15, 0.2) is 24.3 Å². The molecule has 2 rings (SSSR count). The molecule has 1 saturated heterocycles. The lowest BCUT2D eigenvalue weighted by Crippen LogP contribution is -2.50. The molecule has 1 heterocycles. The second kappa shape index (κ2) is 8.59. The fraction of sp³-hybridized carbons (Fsp3) is 0.467. The number of hydrogen-bond acceptors (Lipinski definition) is 4. The Morgan fingerprint density at radius 3 is 2.43 bits per heavy atom. The molecule has 2 N–H and O–H groups in total. The average molecular weight is 341 g/mol. The summed E-state index contributed by atoms with van der Waals surface area (Å²) in [7, 11) is 1.39. The molecular formula is C15H21ClN4O3. The van der Waals surface area contributed by atoms with Crippen LogP contribution in [-0.4, -0.2) is 68.3 Å². The number of nitrogens with zero attached hydrogens (tertiary/aromatic N) is 2. The summed E-state index contributed by atoms with van der Waals surface area (Å²) < 4.78 is 4.70. The number of urea groups is 1. The first-order valence-electron chi connectivity index (χ1n) is 7.44. The topological polar surface area (TPSA) is 73.9 Å². The van der Waals surface area contributed by atoms with Gasteiger partial charge < -0.3 is 20.3 Å². The van der Waals surface area contributed by atoms with E-state index in [4.69, 9.17) is 16.3 Å². The van der Waals surface area contributed by atoms with Crippen molar-refractivity contribution in [3.05, 3.63) is 29.3 Å². The summed E-state index contributed by atoms with van der Waals surface area (Å²) >= 11 is 5.79. The van der Waals surface area contributed by atoms with E-state index in [0.29, 0.717) is 30.3 Å². The minimum atomic E-state index is -0.287. The fourth-order valence-electron chi connectivity index (χ4n) is 2.32. The van der Waals surface area contributed by atoms with Crippen molar-refractivity contribution in [2.24, 2.45) is 0 Å². The molecule has 1 fully saturated rings. The third-order valence-electron chi connectivity index (χ3n) is 3.62. The largest absolute Gasteiger partial charge is 0.453 e. The van der Waals surface area contributed by atoms with Crippen molar-refractivity contribution in [3.63, 3.8) is 0 Å². The number of rotatable bonds is 4. The van der Waals surface area contributed by atoms with Crippen molar-refractivity contribution in [1.29, 1.82) is 0 Å². The van der Waals surface area contributed by atoms with Gasteiger partial charge in [0.05, 0.1) is 7.11 Å². The van der Waals surface area contributed by atoms with E-state index in [2.05, 4.69) is 15.5 Å². The number of methoxy groups -OCH3 is 1. The van der Waals surface area contributed by atoms with Gasteiger partial charge in [-0.15, -0.1) is 0 Å². The highest BCUT2D eigenvalue weighted by atomic mass is 35.5. The van der Waals surface area contributed by atoms with Gasteiger partial charge in [0.1, 0.15) is 0 Å². The van der Waals surface area contributed by atoms with Crippen LogP contribution >= 0.6 is 11.6 Å². The summed E-state index contributed by atoms with van der Waals surface area (Å²) in [5.74, 6) is 0. The first kappa shape index (κ1) is 17.4. The van der Waals surface area contributed by atoms with Crippen molar-refractivity contribution in [2.45, 2.75) is 0 Å². The summed E-state index contributed by atoms with van der Waals surface area (Å²) in [5, 5.41) is 6.18. The quantitative estimate of drug-likeness (QED) is 0.877. The van der Waals surface area contributed by atoms with E-state index >= 15 is 0 Å². The summed E-state index contributed by atoms with van der Waals surface area (Å²) in [6, 6.07) is 6.68. The first-order chi connectivity index (χ1) is 11.1. The van der Waals surface area contributed by atoms with Crippen molar-refractivity contribution in [2.75, 3.05) is 51.7 Å². The monoisotopic (exact) mass is 340 g/mol. The van der Waals surface area contributed by atoms with Crippen LogP contribution in [-0.2, 0) is 4.74 Å². The van der Waals surface area contributed by atoms with Gasteiger partial charge in [0.2, 0.25) is 0 Å². The van der Waals surface area contributed by atoms with E-state index in [-0.39, 0.29) is 12.1 Å². The van der Waals surface area contributed by atoms with Crippen LogP contribution in [0.2, 0.25) is 5.02 Å². The van der Waals surface area contributed by atoms with Gasteiger partial charge in [-0.2, -0.15) is 0 Å². The minimum absolute atomic E-state index is 0.250. The highest BCUT2D eigenvalue weighted by Crippen LogP contribution is 2.13. The van der Waals surface area contributed by atoms with Gasteiger partial charge in [0.15, 0.2) is 0 Å². The molecule has 3 amide bonds. The van der Waals surface area contributed by atoms with E-state index in [9.17, 15) is 9.59 Å². The molecule has 1 aromatic carbocycles. The van der Waals surface area contributed by atoms with Gasteiger partial charge in [0.25, 0.3) is 0 Å². The van der Waals surface area contributed by atoms with Gasteiger partial charge >= 0.3 is 12.1 Å². The number of carbonyl (C=O) groups is 2. The van der Waals surface area contributed by atoms with Gasteiger partial charge in [-0.05, 0) is 24.3 Å². The number of carbonyl (C=O) groups excluding carboxylic acids is 2. The number of halogens is 1. The lowest BCUT2D eigenvalue weighted by molar-refractivity contribution is 0.0916. The highest BCUT2D eigenvalue weighted by molar-refractivity contribution is 6.30. The van der Waals surface area contributed by atoms with Crippen LogP contribution in [0.5, 0.6) is 0 Å². The summed E-state index contributed by atoms with van der Waals surface area (Å²) in [5.41, 5.74) is 0.693. The number of piperazine rings is 1. The Balaban J connectivity index is 1.63. The van der Waals surface area contributed by atoms with E-state index in [1.54, 1.807) is 29.2 Å². The van der Waals surface area contributed by atoms with Gasteiger partial charge in [0, 0.05) is 50.0 Å². The smallest absolute Gasteiger partial charge is 0.409 e. The summed E-state index contributed by atoms with van der Waals surface area (Å²) in [6.45, 7) is 4.11. The standard InChI is InChI=1S/C15H21ClN4O3/c1-23-15(22)20-10-8-19(9-11-20)7-6-17-14(21)18-13-4-2-12(16)3-5-13/h2-5H,6-11H2,1H3,(H2,17,18,21). The van der Waals surface area contributed by atoms with Crippen LogP contribution in [0.3, 0.4) is 0 Å². The maximum absolute atomic E-state index is 11.8. The van der Waals surface area contributed by atoms with Crippen molar-refractivity contribution in [3.8, 4) is 0 Å². The molecule has 0 aliphatic carbocycles. The molecule has 0 bridgehead atoms. The minimum Gasteiger partial charge on any atom is -0.453 e. The molecule has 1 aromatic rings. The SMILES string of the molecule is COC(=O)N1CCN(CCNC(=O)Nc2ccc(Cl)cc2)CC1. The Morgan fingerprint density at radius 1 is 1.17 bits per heavy atom. The lowest BCUT2D eigenvalue weighted by Gasteiger charge is -2.33. The molecule has 23 heavy (non-hydrogen) atoms. The van der Waals surface area contributed by atoms with E-state index in [0.717, 1.165) is 19.6 Å². The molecule has 0 radical (unpaired) electrons. The van der Waals surface area contributed by atoms with E-state index in [1.165, 1.54) is 7.11 Å². The van der Waals surface area contributed by atoms with Gasteiger partial charge in [-0.3, -0.25) is 4.90 Å². The Hall–Kier alpha value is -1.99. The summed E-state index contributed by atoms with van der Waals surface area (Å²) in [6.07, 6.45) is -0.287. The molecule has 0 saturated carbocycles. The molecule has 7 nitrogen and oxygen atoms in total. The van der Waals surface area contributed by atoms with Crippen LogP contribution in [0, 0.1) is 0 Å². The van der Waals surface area contributed by atoms with Crippen LogP contribution in [0.25, 0.3) is 0 Å². The lowest BCUT2D eigenvalue weighted by atomic mass is 10.3. The molecule has 126 valence electrons. The molecule has 0 spiro atoms. The zero-order valence-corrected chi connectivity index (χ0v) is 13.8. The van der Waals surface area contributed by atoms with Crippen LogP contribution in [0.4, 0.5) is 15.3 Å². The highest BCUT2D eigenvalue weighted by Gasteiger charge is 2.20. The van der Waals surface area contributed by atoms with Crippen molar-refractivity contribution < 1.29 is 14.3 Å². The van der Waals surface area contributed by atoms with Crippen LogP contribution < -0.4 is 10.6 Å². The average Bonchev–Trinajstić information content (AvgIpc) is 2.57. The zero-order valence-electron chi connectivity index (χ0n) is 13.0. The third-order valence-corrected chi connectivity index (χ3v) is 3.87. The van der Waals surface area contributed by atoms with E-state index < -0.39 is 0 Å². The Kier molecular flexibility index (Phi) is 6.49. The molecule has 0 atom stereocenters. The second-order valence-corrected chi connectivity index (χ2v) is 5.62. The number of hydrogen-bond donors (Lipinski definition) is 2. The molecule has 0 aromatic heterocycles. The molecule has 8 heteroatoms. The molecular weight excluding hydrogens is 320 g/mol. The molecule has 1 aliphatic heterocycles. The van der Waals surface area contributed by atoms with Gasteiger partial charge in [-0.1, -0.05) is 11.6 Å². The third kappa shape index (κ3) is 5.61. The zero-order chi connectivity index (χ0) is 16.7. The predicted molar refractivity (Wildman–Crippen MR) is 88.9 cm³/mol. The number of anilines is 1. The van der Waals surface area contributed by atoms with Gasteiger partial charge in [-0.25, -0.2) is 9.59 Å². The first-order valence-corrected chi connectivity index (χ1v) is 7.82. The predicted octanol–water partition coefficient (Wildman–Crippen LogP) is 1.85. The molecule has 1 aliphatic rings. The maximum Gasteiger partial charge on any atom is 0.409 e. The maximum atomic E-state index is 11.8.